The molecule has 2 fully saturated rings. The van der Waals surface area contributed by atoms with Crippen LogP contribution in [0.5, 0.6) is 0 Å². The maximum Gasteiger partial charge on any atom is 0.264 e. The fraction of sp³-hybridized carbons (Fsp3) is 0.545. The summed E-state index contributed by atoms with van der Waals surface area (Å²) in [7, 11) is 1.79. The van der Waals surface area contributed by atoms with Gasteiger partial charge in [-0.2, -0.15) is 4.98 Å². The van der Waals surface area contributed by atoms with Gasteiger partial charge in [0.15, 0.2) is 0 Å². The lowest BCUT2D eigenvalue weighted by Gasteiger charge is -2.42. The Bertz CT molecular complexity index is 947. The monoisotopic (exact) mass is 413 g/mol. The number of hydrogen-bond acceptors (Lipinski definition) is 6. The zero-order valence-electron chi connectivity index (χ0n) is 17.5. The van der Waals surface area contributed by atoms with Gasteiger partial charge in [-0.3, -0.25) is 9.36 Å². The number of benzene rings is 1. The Morgan fingerprint density at radius 3 is 2.41 bits per heavy atom. The van der Waals surface area contributed by atoms with Crippen molar-refractivity contribution in [3.8, 4) is 11.1 Å². The van der Waals surface area contributed by atoms with Crippen molar-refractivity contribution in [1.29, 1.82) is 0 Å². The molecule has 4 N–H and O–H groups in total. The van der Waals surface area contributed by atoms with E-state index in [4.69, 9.17) is 11.5 Å². The van der Waals surface area contributed by atoms with Crippen molar-refractivity contribution < 1.29 is 0 Å². The van der Waals surface area contributed by atoms with Crippen LogP contribution < -0.4 is 21.9 Å². The molecule has 156 valence electrons. The minimum absolute atomic E-state index is 0.101. The third kappa shape index (κ3) is 3.55. The topological polar surface area (TPSA) is 90.2 Å². The van der Waals surface area contributed by atoms with Crippen LogP contribution in [0.2, 0.25) is 0 Å². The van der Waals surface area contributed by atoms with E-state index in [0.717, 1.165) is 42.8 Å². The van der Waals surface area contributed by atoms with Gasteiger partial charge in [-0.25, -0.2) is 0 Å². The van der Waals surface area contributed by atoms with Crippen LogP contribution >= 0.6 is 11.8 Å². The van der Waals surface area contributed by atoms with Crippen molar-refractivity contribution in [3.05, 3.63) is 34.6 Å². The van der Waals surface area contributed by atoms with Crippen LogP contribution in [0.3, 0.4) is 0 Å². The normalized spacial score (nSPS) is 23.7. The van der Waals surface area contributed by atoms with E-state index < -0.39 is 0 Å². The Hall–Kier alpha value is -1.99. The van der Waals surface area contributed by atoms with Gasteiger partial charge in [0.2, 0.25) is 5.95 Å². The highest BCUT2D eigenvalue weighted by molar-refractivity contribution is 7.98. The van der Waals surface area contributed by atoms with Crippen LogP contribution in [0, 0.1) is 11.3 Å². The second-order valence-corrected chi connectivity index (χ2v) is 9.65. The number of nitrogens with zero attached hydrogens (tertiary/aromatic N) is 3. The molecule has 2 aromatic rings. The molecular weight excluding hydrogens is 382 g/mol. The number of rotatable bonds is 3. The lowest BCUT2D eigenvalue weighted by molar-refractivity contribution is 0.192. The number of hydrogen-bond donors (Lipinski definition) is 2. The summed E-state index contributed by atoms with van der Waals surface area (Å²) in [6.45, 7) is 4.03. The van der Waals surface area contributed by atoms with Gasteiger partial charge >= 0.3 is 0 Å². The Morgan fingerprint density at radius 2 is 1.86 bits per heavy atom. The highest BCUT2D eigenvalue weighted by atomic mass is 32.2. The Labute approximate surface area is 176 Å². The first-order valence-electron chi connectivity index (χ1n) is 10.4. The van der Waals surface area contributed by atoms with Crippen molar-refractivity contribution in [2.45, 2.75) is 43.5 Å². The first-order chi connectivity index (χ1) is 13.8. The molecule has 1 aromatic carbocycles. The molecule has 2 atom stereocenters. The molecule has 1 aromatic heterocycles. The van der Waals surface area contributed by atoms with Crippen molar-refractivity contribution in [3.63, 3.8) is 0 Å². The predicted molar refractivity (Wildman–Crippen MR) is 121 cm³/mol. The van der Waals surface area contributed by atoms with Gasteiger partial charge in [-0.15, -0.1) is 11.8 Å². The standard InChI is InChI=1S/C22H31N5OS/c1-14-12-17(23)22(13-14)8-10-27(11-9-22)21-25-19(24)18(20(28)26(21)2)15-4-6-16(29-3)7-5-15/h4-7,14,17H,8-13,23-24H2,1-3H3/t14-,17+/m0/s1. The van der Waals surface area contributed by atoms with E-state index in [2.05, 4.69) is 16.8 Å². The van der Waals surface area contributed by atoms with E-state index in [1.807, 2.05) is 30.5 Å². The van der Waals surface area contributed by atoms with Crippen molar-refractivity contribution in [2.75, 3.05) is 30.0 Å². The molecule has 0 unspecified atom stereocenters. The van der Waals surface area contributed by atoms with E-state index in [1.165, 1.54) is 6.42 Å². The van der Waals surface area contributed by atoms with Crippen LogP contribution in [-0.2, 0) is 7.05 Å². The van der Waals surface area contributed by atoms with Crippen LogP contribution in [0.1, 0.15) is 32.6 Å². The first kappa shape index (κ1) is 20.3. The second-order valence-electron chi connectivity index (χ2n) is 8.77. The van der Waals surface area contributed by atoms with Gasteiger partial charge in [0.05, 0.1) is 5.56 Å². The molecule has 2 heterocycles. The Kier molecular flexibility index (Phi) is 5.38. The summed E-state index contributed by atoms with van der Waals surface area (Å²) in [5, 5.41) is 0. The molecule has 1 aliphatic heterocycles. The third-order valence-electron chi connectivity index (χ3n) is 6.91. The Balaban J connectivity index is 1.61. The van der Waals surface area contributed by atoms with E-state index in [1.54, 1.807) is 23.4 Å². The summed E-state index contributed by atoms with van der Waals surface area (Å²) >= 11 is 1.67. The molecule has 1 saturated carbocycles. The zero-order chi connectivity index (χ0) is 20.8. The van der Waals surface area contributed by atoms with Crippen LogP contribution in [0.4, 0.5) is 11.8 Å². The van der Waals surface area contributed by atoms with Crippen molar-refractivity contribution >= 4 is 23.5 Å². The molecule has 0 radical (unpaired) electrons. The van der Waals surface area contributed by atoms with E-state index in [-0.39, 0.29) is 17.0 Å². The zero-order valence-corrected chi connectivity index (χ0v) is 18.3. The predicted octanol–water partition coefficient (Wildman–Crippen LogP) is 3.10. The summed E-state index contributed by atoms with van der Waals surface area (Å²) in [4.78, 5) is 21.1. The minimum Gasteiger partial charge on any atom is -0.383 e. The molecule has 6 nitrogen and oxygen atoms in total. The van der Waals surface area contributed by atoms with Crippen LogP contribution in [-0.4, -0.2) is 34.9 Å². The van der Waals surface area contributed by atoms with Gasteiger partial charge < -0.3 is 16.4 Å². The SMILES string of the molecule is CSc1ccc(-c2c(N)nc(N3CCC4(CC3)C[C@@H](C)C[C@H]4N)n(C)c2=O)cc1. The van der Waals surface area contributed by atoms with Gasteiger partial charge in [0, 0.05) is 31.1 Å². The lowest BCUT2D eigenvalue weighted by Crippen LogP contribution is -2.48. The summed E-state index contributed by atoms with van der Waals surface area (Å²) < 4.78 is 1.64. The molecule has 0 amide bonds. The highest BCUT2D eigenvalue weighted by Gasteiger charge is 2.46. The number of piperidine rings is 1. The van der Waals surface area contributed by atoms with Crippen molar-refractivity contribution in [2.24, 2.45) is 24.1 Å². The number of thioether (sulfide) groups is 1. The third-order valence-corrected chi connectivity index (χ3v) is 7.66. The maximum atomic E-state index is 13.1. The quantitative estimate of drug-likeness (QED) is 0.752. The van der Waals surface area contributed by atoms with E-state index in [9.17, 15) is 4.79 Å². The molecule has 0 bridgehead atoms. The summed E-state index contributed by atoms with van der Waals surface area (Å²) in [6, 6.07) is 8.17. The maximum absolute atomic E-state index is 13.1. The van der Waals surface area contributed by atoms with Crippen LogP contribution in [0.15, 0.2) is 34.0 Å². The lowest BCUT2D eigenvalue weighted by atomic mass is 9.74. The average molecular weight is 414 g/mol. The molecule has 1 saturated heterocycles. The van der Waals surface area contributed by atoms with Crippen LogP contribution in [0.25, 0.3) is 11.1 Å². The minimum atomic E-state index is -0.101. The highest BCUT2D eigenvalue weighted by Crippen LogP contribution is 2.48. The van der Waals surface area contributed by atoms with E-state index >= 15 is 0 Å². The smallest absolute Gasteiger partial charge is 0.264 e. The Morgan fingerprint density at radius 1 is 1.21 bits per heavy atom. The molecular formula is C22H31N5OS. The van der Waals surface area contributed by atoms with Gasteiger partial charge in [0.25, 0.3) is 5.56 Å². The molecule has 29 heavy (non-hydrogen) atoms. The van der Waals surface area contributed by atoms with Gasteiger partial charge in [-0.05, 0) is 61.0 Å². The van der Waals surface area contributed by atoms with Crippen molar-refractivity contribution in [1.82, 2.24) is 9.55 Å². The van der Waals surface area contributed by atoms with E-state index in [0.29, 0.717) is 23.2 Å². The summed E-state index contributed by atoms with van der Waals surface area (Å²) in [5.41, 5.74) is 14.2. The number of anilines is 2. The first-order valence-corrected chi connectivity index (χ1v) is 11.6. The molecule has 2 aliphatic rings. The molecule has 4 rings (SSSR count). The summed E-state index contributed by atoms with van der Waals surface area (Å²) in [6.07, 6.45) is 6.45. The van der Waals surface area contributed by atoms with Gasteiger partial charge in [0.1, 0.15) is 5.82 Å². The molecule has 1 spiro atoms. The number of nitrogen functional groups attached to an aromatic ring is 1. The molecule has 7 heteroatoms. The fourth-order valence-electron chi connectivity index (χ4n) is 5.26. The fourth-order valence-corrected chi connectivity index (χ4v) is 5.67. The van der Waals surface area contributed by atoms with Gasteiger partial charge in [-0.1, -0.05) is 19.1 Å². The largest absolute Gasteiger partial charge is 0.383 e. The second kappa shape index (κ2) is 7.69. The average Bonchev–Trinajstić information content (AvgIpc) is 2.98. The molecule has 1 aliphatic carbocycles. The summed E-state index contributed by atoms with van der Waals surface area (Å²) in [5.74, 6) is 1.66. The number of aromatic nitrogens is 2. The number of nitrogens with two attached hydrogens (primary N) is 2.